The Morgan fingerprint density at radius 2 is 2.00 bits per heavy atom. The van der Waals surface area contributed by atoms with E-state index in [-0.39, 0.29) is 0 Å². The molecule has 0 aliphatic heterocycles. The van der Waals surface area contributed by atoms with E-state index in [9.17, 15) is 0 Å². The third-order valence-corrected chi connectivity index (χ3v) is 1.10. The first-order chi connectivity index (χ1) is 5.33. The van der Waals surface area contributed by atoms with Crippen LogP contribution in [-0.4, -0.2) is 12.1 Å². The summed E-state index contributed by atoms with van der Waals surface area (Å²) < 4.78 is 4.88. The van der Waals surface area contributed by atoms with Gasteiger partial charge in [-0.3, -0.25) is 0 Å². The van der Waals surface area contributed by atoms with E-state index in [0.717, 1.165) is 0 Å². The summed E-state index contributed by atoms with van der Waals surface area (Å²) in [6.45, 7) is 6.00. The van der Waals surface area contributed by atoms with E-state index in [0.29, 0.717) is 5.88 Å². The highest BCUT2D eigenvalue weighted by Crippen LogP contribution is 2.05. The molecule has 2 heteroatoms. The van der Waals surface area contributed by atoms with Crippen molar-refractivity contribution >= 4 is 0 Å². The Labute approximate surface area is 68.2 Å². The van der Waals surface area contributed by atoms with Gasteiger partial charge in [-0.05, 0) is 18.6 Å². The maximum atomic E-state index is 4.88. The molecular formula is C9H15NO. The lowest BCUT2D eigenvalue weighted by Gasteiger charge is -1.96. The van der Waals surface area contributed by atoms with Crippen LogP contribution in [0.4, 0.5) is 0 Å². The Kier molecular flexibility index (Phi) is 5.17. The molecule has 0 fully saturated rings. The van der Waals surface area contributed by atoms with E-state index < -0.39 is 0 Å². The zero-order valence-corrected chi connectivity index (χ0v) is 7.59. The molecule has 0 aromatic carbocycles. The monoisotopic (exact) mass is 153 g/mol. The summed E-state index contributed by atoms with van der Waals surface area (Å²) >= 11 is 0. The number of rotatable bonds is 1. The molecule has 0 N–H and O–H groups in total. The molecule has 0 saturated carbocycles. The second kappa shape index (κ2) is 5.71. The molecule has 0 aliphatic carbocycles. The molecule has 0 amide bonds. The van der Waals surface area contributed by atoms with Crippen molar-refractivity contribution in [2.45, 2.75) is 20.8 Å². The van der Waals surface area contributed by atoms with Gasteiger partial charge in [-0.2, -0.15) is 0 Å². The normalized spacial score (nSPS) is 8.00. The molecular weight excluding hydrogens is 138 g/mol. The molecule has 0 atom stereocenters. The summed E-state index contributed by atoms with van der Waals surface area (Å²) in [5.41, 5.74) is 1.17. The fourth-order valence-corrected chi connectivity index (χ4v) is 0.620. The van der Waals surface area contributed by atoms with Crippen LogP contribution in [0.1, 0.15) is 19.4 Å². The van der Waals surface area contributed by atoms with Crippen molar-refractivity contribution in [2.24, 2.45) is 0 Å². The molecule has 0 unspecified atom stereocenters. The predicted molar refractivity (Wildman–Crippen MR) is 46.9 cm³/mol. The number of nitrogens with zero attached hydrogens (tertiary/aromatic N) is 1. The molecule has 0 spiro atoms. The van der Waals surface area contributed by atoms with Crippen LogP contribution >= 0.6 is 0 Å². The van der Waals surface area contributed by atoms with Crippen molar-refractivity contribution in [3.05, 3.63) is 23.9 Å². The van der Waals surface area contributed by atoms with Crippen molar-refractivity contribution in [3.8, 4) is 5.88 Å². The Hall–Kier alpha value is -1.05. The van der Waals surface area contributed by atoms with Gasteiger partial charge in [-0.25, -0.2) is 4.98 Å². The molecule has 2 nitrogen and oxygen atoms in total. The van der Waals surface area contributed by atoms with Gasteiger partial charge >= 0.3 is 0 Å². The first kappa shape index (κ1) is 9.95. The van der Waals surface area contributed by atoms with Gasteiger partial charge in [0.25, 0.3) is 0 Å². The number of aromatic nitrogens is 1. The van der Waals surface area contributed by atoms with E-state index in [1.807, 2.05) is 32.9 Å². The van der Waals surface area contributed by atoms with Gasteiger partial charge in [0.05, 0.1) is 7.11 Å². The van der Waals surface area contributed by atoms with Gasteiger partial charge in [0.15, 0.2) is 0 Å². The molecule has 0 bridgehead atoms. The zero-order valence-electron chi connectivity index (χ0n) is 7.59. The molecule has 1 aromatic rings. The molecule has 11 heavy (non-hydrogen) atoms. The third-order valence-electron chi connectivity index (χ3n) is 1.10. The lowest BCUT2D eigenvalue weighted by molar-refractivity contribution is 0.397. The largest absolute Gasteiger partial charge is 0.481 e. The van der Waals surface area contributed by atoms with Crippen LogP contribution in [0.5, 0.6) is 5.88 Å². The molecule has 0 saturated heterocycles. The molecule has 1 aromatic heterocycles. The first-order valence-corrected chi connectivity index (χ1v) is 3.79. The SMILES string of the molecule is CC.COc1cc(C)ccn1. The summed E-state index contributed by atoms with van der Waals surface area (Å²) in [5, 5.41) is 0. The van der Waals surface area contributed by atoms with Crippen LogP contribution < -0.4 is 4.74 Å². The number of methoxy groups -OCH3 is 1. The van der Waals surface area contributed by atoms with E-state index in [4.69, 9.17) is 4.74 Å². The topological polar surface area (TPSA) is 22.1 Å². The zero-order chi connectivity index (χ0) is 8.69. The minimum absolute atomic E-state index is 0.676. The lowest BCUT2D eigenvalue weighted by atomic mass is 10.3. The summed E-state index contributed by atoms with van der Waals surface area (Å²) in [7, 11) is 1.61. The van der Waals surface area contributed by atoms with Gasteiger partial charge in [-0.15, -0.1) is 0 Å². The average molecular weight is 153 g/mol. The van der Waals surface area contributed by atoms with E-state index >= 15 is 0 Å². The van der Waals surface area contributed by atoms with Gasteiger partial charge in [-0.1, -0.05) is 13.8 Å². The van der Waals surface area contributed by atoms with Crippen molar-refractivity contribution < 1.29 is 4.74 Å². The summed E-state index contributed by atoms with van der Waals surface area (Å²) in [5.74, 6) is 0.676. The highest BCUT2D eigenvalue weighted by molar-refractivity contribution is 5.18. The predicted octanol–water partition coefficient (Wildman–Crippen LogP) is 2.42. The molecule has 62 valence electrons. The van der Waals surface area contributed by atoms with Gasteiger partial charge < -0.3 is 4.74 Å². The average Bonchev–Trinajstić information content (AvgIpc) is 2.08. The number of pyridine rings is 1. The Morgan fingerprint density at radius 1 is 1.36 bits per heavy atom. The summed E-state index contributed by atoms with van der Waals surface area (Å²) in [6, 6.07) is 3.82. The second-order valence-electron chi connectivity index (χ2n) is 1.88. The summed E-state index contributed by atoms with van der Waals surface area (Å²) in [4.78, 5) is 3.94. The van der Waals surface area contributed by atoms with E-state index in [2.05, 4.69) is 4.98 Å². The van der Waals surface area contributed by atoms with Crippen LogP contribution in [0.15, 0.2) is 18.3 Å². The fourth-order valence-electron chi connectivity index (χ4n) is 0.620. The fraction of sp³-hybridized carbons (Fsp3) is 0.444. The van der Waals surface area contributed by atoms with E-state index in [1.165, 1.54) is 5.56 Å². The van der Waals surface area contributed by atoms with Crippen LogP contribution in [0.2, 0.25) is 0 Å². The minimum atomic E-state index is 0.676. The van der Waals surface area contributed by atoms with Gasteiger partial charge in [0, 0.05) is 12.3 Å². The molecule has 1 heterocycles. The van der Waals surface area contributed by atoms with Crippen molar-refractivity contribution in [3.63, 3.8) is 0 Å². The number of aryl methyl sites for hydroxylation is 1. The Morgan fingerprint density at radius 3 is 2.36 bits per heavy atom. The number of hydrogen-bond acceptors (Lipinski definition) is 2. The molecule has 1 rings (SSSR count). The van der Waals surface area contributed by atoms with Gasteiger partial charge in [0.2, 0.25) is 5.88 Å². The third kappa shape index (κ3) is 3.61. The van der Waals surface area contributed by atoms with Crippen LogP contribution in [0, 0.1) is 6.92 Å². The molecule has 0 aliphatic rings. The Bertz CT molecular complexity index is 199. The molecule has 0 radical (unpaired) electrons. The second-order valence-corrected chi connectivity index (χ2v) is 1.88. The van der Waals surface area contributed by atoms with Crippen LogP contribution in [0.3, 0.4) is 0 Å². The first-order valence-electron chi connectivity index (χ1n) is 3.79. The maximum absolute atomic E-state index is 4.88. The number of hydrogen-bond donors (Lipinski definition) is 0. The standard InChI is InChI=1S/C7H9NO.C2H6/c1-6-3-4-8-7(5-6)9-2;1-2/h3-5H,1-2H3;1-2H3. The van der Waals surface area contributed by atoms with Crippen molar-refractivity contribution in [1.29, 1.82) is 0 Å². The smallest absolute Gasteiger partial charge is 0.213 e. The Balaban J connectivity index is 0.000000461. The summed E-state index contributed by atoms with van der Waals surface area (Å²) in [6.07, 6.45) is 1.73. The van der Waals surface area contributed by atoms with Crippen molar-refractivity contribution in [2.75, 3.05) is 7.11 Å². The minimum Gasteiger partial charge on any atom is -0.481 e. The lowest BCUT2D eigenvalue weighted by Crippen LogP contribution is -1.85. The van der Waals surface area contributed by atoms with Crippen LogP contribution in [-0.2, 0) is 0 Å². The quantitative estimate of drug-likeness (QED) is 0.618. The maximum Gasteiger partial charge on any atom is 0.213 e. The van der Waals surface area contributed by atoms with Crippen LogP contribution in [0.25, 0.3) is 0 Å². The van der Waals surface area contributed by atoms with Crippen molar-refractivity contribution in [1.82, 2.24) is 4.98 Å². The highest BCUT2D eigenvalue weighted by atomic mass is 16.5. The highest BCUT2D eigenvalue weighted by Gasteiger charge is 1.88. The van der Waals surface area contributed by atoms with E-state index in [1.54, 1.807) is 13.3 Å². The number of ether oxygens (including phenoxy) is 1. The van der Waals surface area contributed by atoms with Gasteiger partial charge in [0.1, 0.15) is 0 Å².